The molecule has 0 unspecified atom stereocenters. The molecular formula is C14H15N5. The van der Waals surface area contributed by atoms with Gasteiger partial charge in [-0.2, -0.15) is 0 Å². The number of hydrogen-bond acceptors (Lipinski definition) is 4. The minimum Gasteiger partial charge on any atom is -0.399 e. The highest BCUT2D eigenvalue weighted by atomic mass is 15.2. The van der Waals surface area contributed by atoms with Gasteiger partial charge in [-0.15, -0.1) is 0 Å². The number of hydrogen-bond donors (Lipinski definition) is 1. The Bertz CT molecular complexity index is 714. The molecule has 19 heavy (non-hydrogen) atoms. The lowest BCUT2D eigenvalue weighted by atomic mass is 10.2. The van der Waals surface area contributed by atoms with Crippen molar-refractivity contribution < 1.29 is 0 Å². The monoisotopic (exact) mass is 253 g/mol. The summed E-state index contributed by atoms with van der Waals surface area (Å²) in [5.74, 6) is 0.877. The van der Waals surface area contributed by atoms with Crippen LogP contribution < -0.4 is 10.6 Å². The average Bonchev–Trinajstić information content (AvgIpc) is 2.81. The van der Waals surface area contributed by atoms with Gasteiger partial charge < -0.3 is 15.2 Å². The van der Waals surface area contributed by atoms with Crippen LogP contribution in [0.25, 0.3) is 11.0 Å². The summed E-state index contributed by atoms with van der Waals surface area (Å²) in [5, 5.41) is 0. The van der Waals surface area contributed by atoms with Gasteiger partial charge in [0.25, 0.3) is 0 Å². The smallest absolute Gasteiger partial charge is 0.160 e. The summed E-state index contributed by atoms with van der Waals surface area (Å²) in [7, 11) is 3.98. The number of aromatic nitrogens is 3. The van der Waals surface area contributed by atoms with Crippen molar-refractivity contribution in [2.24, 2.45) is 7.05 Å². The molecule has 2 N–H and O–H groups in total. The largest absolute Gasteiger partial charge is 0.399 e. The van der Waals surface area contributed by atoms with E-state index in [1.165, 1.54) is 0 Å². The van der Waals surface area contributed by atoms with Gasteiger partial charge in [0.2, 0.25) is 0 Å². The fourth-order valence-corrected chi connectivity index (χ4v) is 2.17. The zero-order valence-corrected chi connectivity index (χ0v) is 10.9. The highest BCUT2D eigenvalue weighted by molar-refractivity contribution is 5.88. The van der Waals surface area contributed by atoms with Crippen molar-refractivity contribution in [2.45, 2.75) is 0 Å². The van der Waals surface area contributed by atoms with Crippen LogP contribution in [0.4, 0.5) is 17.2 Å². The van der Waals surface area contributed by atoms with Gasteiger partial charge in [0.15, 0.2) is 5.82 Å². The number of nitrogen functional groups attached to an aromatic ring is 1. The van der Waals surface area contributed by atoms with Crippen LogP contribution in [-0.4, -0.2) is 21.6 Å². The normalized spacial score (nSPS) is 10.8. The lowest BCUT2D eigenvalue weighted by Crippen LogP contribution is -2.12. The lowest BCUT2D eigenvalue weighted by molar-refractivity contribution is 0.955. The van der Waals surface area contributed by atoms with E-state index in [1.807, 2.05) is 60.1 Å². The molecule has 1 aromatic carbocycles. The van der Waals surface area contributed by atoms with Crippen molar-refractivity contribution in [3.8, 4) is 0 Å². The zero-order valence-electron chi connectivity index (χ0n) is 10.9. The molecule has 0 aliphatic heterocycles. The first-order valence-electron chi connectivity index (χ1n) is 6.02. The van der Waals surface area contributed by atoms with Gasteiger partial charge in [0, 0.05) is 31.7 Å². The molecule has 0 atom stereocenters. The Hall–Kier alpha value is -2.56. The second kappa shape index (κ2) is 4.28. The molecule has 0 aliphatic carbocycles. The van der Waals surface area contributed by atoms with Crippen LogP contribution in [-0.2, 0) is 7.05 Å². The first-order chi connectivity index (χ1) is 9.16. The van der Waals surface area contributed by atoms with E-state index in [0.29, 0.717) is 0 Å². The van der Waals surface area contributed by atoms with E-state index in [9.17, 15) is 0 Å². The van der Waals surface area contributed by atoms with Crippen LogP contribution >= 0.6 is 0 Å². The van der Waals surface area contributed by atoms with E-state index in [-0.39, 0.29) is 0 Å². The van der Waals surface area contributed by atoms with Crippen LogP contribution in [0, 0.1) is 0 Å². The maximum Gasteiger partial charge on any atom is 0.160 e. The molecule has 0 amide bonds. The minimum atomic E-state index is 0.754. The molecule has 0 aliphatic rings. The van der Waals surface area contributed by atoms with E-state index in [1.54, 1.807) is 6.33 Å². The molecule has 5 nitrogen and oxygen atoms in total. The summed E-state index contributed by atoms with van der Waals surface area (Å²) in [6.07, 6.45) is 3.57. The topological polar surface area (TPSA) is 60.0 Å². The fourth-order valence-electron chi connectivity index (χ4n) is 2.17. The molecule has 0 radical (unpaired) electrons. The van der Waals surface area contributed by atoms with Crippen LogP contribution in [0.1, 0.15) is 0 Å². The molecule has 0 bridgehead atoms. The third kappa shape index (κ3) is 1.89. The summed E-state index contributed by atoms with van der Waals surface area (Å²) in [6, 6.07) is 9.71. The Morgan fingerprint density at radius 2 is 1.84 bits per heavy atom. The number of nitrogens with two attached hydrogens (primary N) is 1. The zero-order chi connectivity index (χ0) is 13.4. The predicted molar refractivity (Wildman–Crippen MR) is 77.4 cm³/mol. The second-order valence-corrected chi connectivity index (χ2v) is 4.51. The lowest BCUT2D eigenvalue weighted by Gasteiger charge is -2.19. The van der Waals surface area contributed by atoms with Gasteiger partial charge in [-0.1, -0.05) is 0 Å². The van der Waals surface area contributed by atoms with E-state index in [0.717, 1.165) is 28.2 Å². The van der Waals surface area contributed by atoms with Crippen molar-refractivity contribution in [1.29, 1.82) is 0 Å². The Balaban J connectivity index is 2.13. The van der Waals surface area contributed by atoms with Gasteiger partial charge in [-0.25, -0.2) is 9.97 Å². The number of aryl methyl sites for hydroxylation is 1. The third-order valence-electron chi connectivity index (χ3n) is 3.24. The number of rotatable bonds is 2. The Morgan fingerprint density at radius 3 is 2.58 bits per heavy atom. The van der Waals surface area contributed by atoms with Crippen LogP contribution in [0.15, 0.2) is 42.9 Å². The maximum atomic E-state index is 5.72. The highest BCUT2D eigenvalue weighted by Gasteiger charge is 2.12. The van der Waals surface area contributed by atoms with Crippen molar-refractivity contribution in [3.05, 3.63) is 42.9 Å². The maximum absolute atomic E-state index is 5.72. The SMILES string of the molecule is CN(c1ccc(N)cc1)c1ncnc2ccn(C)c12. The van der Waals surface area contributed by atoms with Crippen molar-refractivity contribution in [1.82, 2.24) is 14.5 Å². The Kier molecular flexibility index (Phi) is 2.59. The first-order valence-corrected chi connectivity index (χ1v) is 6.02. The first kappa shape index (κ1) is 11.5. The molecule has 5 heteroatoms. The van der Waals surface area contributed by atoms with Gasteiger partial charge in [-0.05, 0) is 30.3 Å². The molecular weight excluding hydrogens is 238 g/mol. The molecule has 0 saturated carbocycles. The quantitative estimate of drug-likeness (QED) is 0.712. The number of anilines is 3. The minimum absolute atomic E-state index is 0.754. The van der Waals surface area contributed by atoms with Crippen molar-refractivity contribution in [3.63, 3.8) is 0 Å². The molecule has 3 aromatic rings. The van der Waals surface area contributed by atoms with Crippen molar-refractivity contribution in [2.75, 3.05) is 17.7 Å². The summed E-state index contributed by atoms with van der Waals surface area (Å²) in [4.78, 5) is 10.7. The number of fused-ring (bicyclic) bond motifs is 1. The van der Waals surface area contributed by atoms with E-state index in [2.05, 4.69) is 9.97 Å². The summed E-state index contributed by atoms with van der Waals surface area (Å²) >= 11 is 0. The molecule has 0 spiro atoms. The summed E-state index contributed by atoms with van der Waals surface area (Å²) in [5.41, 5.74) is 9.46. The van der Waals surface area contributed by atoms with Gasteiger partial charge in [0.05, 0.1) is 5.52 Å². The predicted octanol–water partition coefficient (Wildman–Crippen LogP) is 2.32. The van der Waals surface area contributed by atoms with Crippen LogP contribution in [0.3, 0.4) is 0 Å². The number of nitrogens with zero attached hydrogens (tertiary/aromatic N) is 4. The summed E-state index contributed by atoms with van der Waals surface area (Å²) in [6.45, 7) is 0. The van der Waals surface area contributed by atoms with E-state index < -0.39 is 0 Å². The van der Waals surface area contributed by atoms with Crippen molar-refractivity contribution >= 4 is 28.2 Å². The Morgan fingerprint density at radius 1 is 1.11 bits per heavy atom. The standard InChI is InChI=1S/C14H15N5/c1-18-8-7-12-13(18)14(17-9-16-12)19(2)11-5-3-10(15)4-6-11/h3-9H,15H2,1-2H3. The summed E-state index contributed by atoms with van der Waals surface area (Å²) < 4.78 is 2.03. The third-order valence-corrected chi connectivity index (χ3v) is 3.24. The molecule has 0 fully saturated rings. The molecule has 0 saturated heterocycles. The van der Waals surface area contributed by atoms with E-state index in [4.69, 9.17) is 5.73 Å². The molecule has 2 heterocycles. The second-order valence-electron chi connectivity index (χ2n) is 4.51. The number of benzene rings is 1. The van der Waals surface area contributed by atoms with Crippen LogP contribution in [0.2, 0.25) is 0 Å². The fraction of sp³-hybridized carbons (Fsp3) is 0.143. The van der Waals surface area contributed by atoms with Gasteiger partial charge >= 0.3 is 0 Å². The Labute approximate surface area is 111 Å². The highest BCUT2D eigenvalue weighted by Crippen LogP contribution is 2.28. The molecule has 3 rings (SSSR count). The molecule has 96 valence electrons. The van der Waals surface area contributed by atoms with Gasteiger partial charge in [-0.3, -0.25) is 0 Å². The molecule has 2 aromatic heterocycles. The average molecular weight is 253 g/mol. The van der Waals surface area contributed by atoms with Gasteiger partial charge in [0.1, 0.15) is 11.8 Å². The van der Waals surface area contributed by atoms with Crippen LogP contribution in [0.5, 0.6) is 0 Å². The van der Waals surface area contributed by atoms with E-state index >= 15 is 0 Å².